The van der Waals surface area contributed by atoms with Gasteiger partial charge in [-0.25, -0.2) is 0 Å². The topological polar surface area (TPSA) is 15.3 Å². The average Bonchev–Trinajstić information content (AvgIpc) is 2.31. The highest BCUT2D eigenvalue weighted by atomic mass is 15.2. The molecule has 0 aromatic heterocycles. The fourth-order valence-electron chi connectivity index (χ4n) is 2.86. The van der Waals surface area contributed by atoms with Gasteiger partial charge in [0.05, 0.1) is 0 Å². The third-order valence-electron chi connectivity index (χ3n) is 4.73. The Morgan fingerprint density at radius 1 is 1.11 bits per heavy atom. The molecule has 1 rings (SSSR count). The molecular formula is C17H36N2. The molecule has 0 aromatic carbocycles. The molecule has 19 heavy (non-hydrogen) atoms. The van der Waals surface area contributed by atoms with Crippen molar-refractivity contribution in [2.75, 3.05) is 19.6 Å². The minimum Gasteiger partial charge on any atom is -0.311 e. The highest BCUT2D eigenvalue weighted by Crippen LogP contribution is 2.28. The predicted octanol–water partition coefficient (Wildman–Crippen LogP) is 3.91. The van der Waals surface area contributed by atoms with E-state index in [0.29, 0.717) is 5.41 Å². The van der Waals surface area contributed by atoms with Crippen molar-refractivity contribution in [2.45, 2.75) is 79.3 Å². The van der Waals surface area contributed by atoms with Crippen LogP contribution >= 0.6 is 0 Å². The van der Waals surface area contributed by atoms with Crippen molar-refractivity contribution in [1.82, 2.24) is 10.2 Å². The molecule has 0 spiro atoms. The van der Waals surface area contributed by atoms with E-state index >= 15 is 0 Å². The second kappa shape index (κ2) is 6.58. The molecule has 1 N–H and O–H groups in total. The van der Waals surface area contributed by atoms with Crippen LogP contribution in [-0.2, 0) is 0 Å². The number of piperidine rings is 1. The number of likely N-dealkylation sites (tertiary alicyclic amines) is 1. The lowest BCUT2D eigenvalue weighted by Gasteiger charge is -2.43. The Morgan fingerprint density at radius 2 is 1.74 bits per heavy atom. The molecule has 114 valence electrons. The van der Waals surface area contributed by atoms with Gasteiger partial charge in [-0.15, -0.1) is 0 Å². The van der Waals surface area contributed by atoms with Crippen molar-refractivity contribution in [3.8, 4) is 0 Å². The first-order chi connectivity index (χ1) is 8.65. The van der Waals surface area contributed by atoms with Crippen LogP contribution < -0.4 is 5.32 Å². The molecule has 0 amide bonds. The van der Waals surface area contributed by atoms with Crippen LogP contribution in [0.3, 0.4) is 0 Å². The number of nitrogens with one attached hydrogen (secondary N) is 1. The molecule has 1 heterocycles. The second-order valence-electron chi connectivity index (χ2n) is 8.23. The first-order valence-electron chi connectivity index (χ1n) is 8.14. The van der Waals surface area contributed by atoms with E-state index in [1.54, 1.807) is 0 Å². The Labute approximate surface area is 121 Å². The third-order valence-corrected chi connectivity index (χ3v) is 4.73. The van der Waals surface area contributed by atoms with E-state index in [0.717, 1.165) is 18.5 Å². The first kappa shape index (κ1) is 17.0. The zero-order valence-corrected chi connectivity index (χ0v) is 14.3. The monoisotopic (exact) mass is 268 g/mol. The van der Waals surface area contributed by atoms with Crippen molar-refractivity contribution >= 4 is 0 Å². The zero-order valence-electron chi connectivity index (χ0n) is 14.3. The standard InChI is InChI=1S/C17H36N2/c1-8-17(7,12-18-16(4,5)6)13-19-11-14(2)9-10-15(19)3/h14-15,18H,8-13H2,1-7H3. The molecule has 2 heteroatoms. The summed E-state index contributed by atoms with van der Waals surface area (Å²) in [7, 11) is 0. The lowest BCUT2D eigenvalue weighted by Crippen LogP contribution is -2.51. The predicted molar refractivity (Wildman–Crippen MR) is 85.6 cm³/mol. The van der Waals surface area contributed by atoms with Crippen LogP contribution in [0.4, 0.5) is 0 Å². The molecule has 1 saturated heterocycles. The van der Waals surface area contributed by atoms with Gasteiger partial charge in [0.25, 0.3) is 0 Å². The summed E-state index contributed by atoms with van der Waals surface area (Å²) < 4.78 is 0. The fourth-order valence-corrected chi connectivity index (χ4v) is 2.86. The van der Waals surface area contributed by atoms with Gasteiger partial charge in [-0.2, -0.15) is 0 Å². The maximum absolute atomic E-state index is 3.70. The first-order valence-corrected chi connectivity index (χ1v) is 8.14. The molecule has 1 fully saturated rings. The van der Waals surface area contributed by atoms with Gasteiger partial charge in [-0.05, 0) is 58.3 Å². The van der Waals surface area contributed by atoms with Crippen LogP contribution in [0.25, 0.3) is 0 Å². The summed E-state index contributed by atoms with van der Waals surface area (Å²) in [4.78, 5) is 2.72. The third kappa shape index (κ3) is 5.83. The van der Waals surface area contributed by atoms with Crippen molar-refractivity contribution in [3.63, 3.8) is 0 Å². The van der Waals surface area contributed by atoms with Gasteiger partial charge in [0, 0.05) is 31.2 Å². The van der Waals surface area contributed by atoms with Crippen LogP contribution in [0.5, 0.6) is 0 Å². The lowest BCUT2D eigenvalue weighted by molar-refractivity contribution is 0.0679. The Balaban J connectivity index is 2.58. The summed E-state index contributed by atoms with van der Waals surface area (Å²) in [5.74, 6) is 0.868. The second-order valence-corrected chi connectivity index (χ2v) is 8.23. The summed E-state index contributed by atoms with van der Waals surface area (Å²) in [6.07, 6.45) is 4.02. The van der Waals surface area contributed by atoms with E-state index < -0.39 is 0 Å². The minimum absolute atomic E-state index is 0.219. The summed E-state index contributed by atoms with van der Waals surface area (Å²) >= 11 is 0. The Bertz CT molecular complexity index is 269. The van der Waals surface area contributed by atoms with Crippen LogP contribution in [0.15, 0.2) is 0 Å². The number of nitrogens with zero attached hydrogens (tertiary/aromatic N) is 1. The molecule has 0 aliphatic carbocycles. The van der Waals surface area contributed by atoms with Gasteiger partial charge in [0.1, 0.15) is 0 Å². The molecule has 0 radical (unpaired) electrons. The van der Waals surface area contributed by atoms with E-state index in [1.807, 2.05) is 0 Å². The fraction of sp³-hybridized carbons (Fsp3) is 1.00. The van der Waals surface area contributed by atoms with Crippen LogP contribution in [0.1, 0.15) is 67.7 Å². The summed E-state index contributed by atoms with van der Waals surface area (Å²) in [5, 5.41) is 3.70. The highest BCUT2D eigenvalue weighted by Gasteiger charge is 2.31. The SMILES string of the molecule is CCC(C)(CNC(C)(C)C)CN1CC(C)CCC1C. The Hall–Kier alpha value is -0.0800. The van der Waals surface area contributed by atoms with E-state index in [9.17, 15) is 0 Å². The van der Waals surface area contributed by atoms with Crippen LogP contribution in [-0.4, -0.2) is 36.1 Å². The zero-order chi connectivity index (χ0) is 14.7. The maximum atomic E-state index is 3.70. The number of hydrogen-bond donors (Lipinski definition) is 1. The molecule has 0 aromatic rings. The van der Waals surface area contributed by atoms with Crippen molar-refractivity contribution in [3.05, 3.63) is 0 Å². The maximum Gasteiger partial charge on any atom is 0.00967 e. The van der Waals surface area contributed by atoms with Gasteiger partial charge in [0.15, 0.2) is 0 Å². The van der Waals surface area contributed by atoms with E-state index in [1.165, 1.54) is 32.4 Å². The summed E-state index contributed by atoms with van der Waals surface area (Å²) in [6.45, 7) is 20.0. The van der Waals surface area contributed by atoms with Gasteiger partial charge in [0.2, 0.25) is 0 Å². The van der Waals surface area contributed by atoms with Crippen LogP contribution in [0, 0.1) is 11.3 Å². The largest absolute Gasteiger partial charge is 0.311 e. The summed E-state index contributed by atoms with van der Waals surface area (Å²) in [6, 6.07) is 0.761. The van der Waals surface area contributed by atoms with E-state index in [4.69, 9.17) is 0 Å². The Morgan fingerprint density at radius 3 is 2.26 bits per heavy atom. The normalized spacial score (nSPS) is 29.2. The van der Waals surface area contributed by atoms with Gasteiger partial charge < -0.3 is 5.32 Å². The molecule has 0 bridgehead atoms. The number of hydrogen-bond acceptors (Lipinski definition) is 2. The molecule has 3 atom stereocenters. The average molecular weight is 268 g/mol. The highest BCUT2D eigenvalue weighted by molar-refractivity contribution is 4.87. The van der Waals surface area contributed by atoms with Crippen LogP contribution in [0.2, 0.25) is 0 Å². The molecule has 0 saturated carbocycles. The van der Waals surface area contributed by atoms with E-state index in [2.05, 4.69) is 58.7 Å². The van der Waals surface area contributed by atoms with Crippen molar-refractivity contribution in [1.29, 1.82) is 0 Å². The summed E-state index contributed by atoms with van der Waals surface area (Å²) in [5.41, 5.74) is 0.607. The van der Waals surface area contributed by atoms with E-state index in [-0.39, 0.29) is 5.54 Å². The van der Waals surface area contributed by atoms with Gasteiger partial charge in [-0.1, -0.05) is 20.8 Å². The molecule has 1 aliphatic rings. The Kier molecular flexibility index (Phi) is 5.88. The number of rotatable bonds is 5. The smallest absolute Gasteiger partial charge is 0.00967 e. The molecule has 1 aliphatic heterocycles. The quantitative estimate of drug-likeness (QED) is 0.813. The van der Waals surface area contributed by atoms with Gasteiger partial charge >= 0.3 is 0 Å². The molecular weight excluding hydrogens is 232 g/mol. The minimum atomic E-state index is 0.219. The lowest BCUT2D eigenvalue weighted by atomic mass is 9.83. The van der Waals surface area contributed by atoms with Crippen molar-refractivity contribution < 1.29 is 0 Å². The molecule has 2 nitrogen and oxygen atoms in total. The molecule has 3 unspecified atom stereocenters. The van der Waals surface area contributed by atoms with Crippen molar-refractivity contribution in [2.24, 2.45) is 11.3 Å². The van der Waals surface area contributed by atoms with Gasteiger partial charge in [-0.3, -0.25) is 4.90 Å².